The molecule has 3 nitrogen and oxygen atoms in total. The molecular formula is C16H23F3N2O. The summed E-state index contributed by atoms with van der Waals surface area (Å²) in [5.41, 5.74) is -1.03. The van der Waals surface area contributed by atoms with Crippen molar-refractivity contribution in [3.63, 3.8) is 0 Å². The van der Waals surface area contributed by atoms with Crippen LogP contribution in [0.5, 0.6) is 0 Å². The second-order valence-electron chi connectivity index (χ2n) is 5.83. The molecule has 0 aromatic heterocycles. The van der Waals surface area contributed by atoms with E-state index in [1.807, 2.05) is 6.92 Å². The molecule has 1 aromatic carbocycles. The number of anilines is 1. The first-order chi connectivity index (χ1) is 10.2. The maximum atomic E-state index is 12.8. The molecule has 1 aromatic rings. The molecule has 0 bridgehead atoms. The first-order valence-electron chi connectivity index (χ1n) is 7.39. The van der Waals surface area contributed by atoms with E-state index >= 15 is 0 Å². The number of amides is 1. The van der Waals surface area contributed by atoms with E-state index in [1.54, 1.807) is 0 Å². The zero-order valence-corrected chi connectivity index (χ0v) is 13.1. The van der Waals surface area contributed by atoms with Gasteiger partial charge in [0, 0.05) is 12.5 Å². The normalized spacial score (nSPS) is 13.2. The fraction of sp³-hybridized carbons (Fsp3) is 0.562. The zero-order valence-electron chi connectivity index (χ0n) is 13.1. The molecule has 22 heavy (non-hydrogen) atoms. The van der Waals surface area contributed by atoms with Gasteiger partial charge < -0.3 is 10.6 Å². The lowest BCUT2D eigenvalue weighted by Gasteiger charge is -2.16. The highest BCUT2D eigenvalue weighted by Crippen LogP contribution is 2.34. The second-order valence-corrected chi connectivity index (χ2v) is 5.83. The first-order valence-corrected chi connectivity index (χ1v) is 7.39. The van der Waals surface area contributed by atoms with E-state index in [-0.39, 0.29) is 18.2 Å². The average Bonchev–Trinajstić information content (AvgIpc) is 2.37. The van der Waals surface area contributed by atoms with Gasteiger partial charge in [0.25, 0.3) is 0 Å². The molecule has 0 heterocycles. The van der Waals surface area contributed by atoms with Crippen molar-refractivity contribution >= 4 is 11.6 Å². The summed E-state index contributed by atoms with van der Waals surface area (Å²) >= 11 is 0. The fourth-order valence-electron chi connectivity index (χ4n) is 2.01. The Labute approximate surface area is 129 Å². The van der Waals surface area contributed by atoms with Crippen molar-refractivity contribution < 1.29 is 18.0 Å². The van der Waals surface area contributed by atoms with Crippen molar-refractivity contribution in [2.24, 2.45) is 5.92 Å². The summed E-state index contributed by atoms with van der Waals surface area (Å²) in [4.78, 5) is 11.9. The number of para-hydroxylation sites is 1. The number of benzene rings is 1. The van der Waals surface area contributed by atoms with Gasteiger partial charge in [0.2, 0.25) is 5.91 Å². The van der Waals surface area contributed by atoms with Gasteiger partial charge in [-0.05, 0) is 37.9 Å². The Kier molecular flexibility index (Phi) is 6.87. The minimum atomic E-state index is -4.48. The van der Waals surface area contributed by atoms with E-state index in [9.17, 15) is 18.0 Å². The minimum Gasteiger partial charge on any atom is -0.325 e. The molecule has 1 rings (SSSR count). The molecule has 0 spiro atoms. The number of hydrogen-bond donors (Lipinski definition) is 2. The van der Waals surface area contributed by atoms with Gasteiger partial charge in [-0.15, -0.1) is 0 Å². The summed E-state index contributed by atoms with van der Waals surface area (Å²) < 4.78 is 38.5. The van der Waals surface area contributed by atoms with Crippen molar-refractivity contribution in [1.82, 2.24) is 5.32 Å². The summed E-state index contributed by atoms with van der Waals surface area (Å²) in [5.74, 6) is 0.133. The van der Waals surface area contributed by atoms with Crippen molar-refractivity contribution in [2.75, 3.05) is 11.9 Å². The van der Waals surface area contributed by atoms with Crippen LogP contribution in [0.2, 0.25) is 0 Å². The summed E-state index contributed by atoms with van der Waals surface area (Å²) in [7, 11) is 0. The number of halogens is 3. The summed E-state index contributed by atoms with van der Waals surface area (Å²) in [6.45, 7) is 6.83. The Hall–Kier alpha value is -1.56. The SMILES string of the molecule is CC(C)CCNC(C)CC(=O)Nc1ccccc1C(F)(F)F. The molecular weight excluding hydrogens is 293 g/mol. The lowest BCUT2D eigenvalue weighted by molar-refractivity contribution is -0.137. The van der Waals surface area contributed by atoms with Gasteiger partial charge in [-0.25, -0.2) is 0 Å². The monoisotopic (exact) mass is 316 g/mol. The predicted molar refractivity (Wildman–Crippen MR) is 81.6 cm³/mol. The summed E-state index contributed by atoms with van der Waals surface area (Å²) in [6, 6.07) is 4.90. The highest BCUT2D eigenvalue weighted by atomic mass is 19.4. The minimum absolute atomic E-state index is 0.0863. The zero-order chi connectivity index (χ0) is 16.8. The van der Waals surface area contributed by atoms with Crippen LogP contribution in [-0.2, 0) is 11.0 Å². The Morgan fingerprint density at radius 3 is 2.41 bits per heavy atom. The number of alkyl halides is 3. The summed E-state index contributed by atoms with van der Waals surface area (Å²) in [5, 5.41) is 5.54. The van der Waals surface area contributed by atoms with E-state index in [1.165, 1.54) is 18.2 Å². The van der Waals surface area contributed by atoms with Crippen LogP contribution in [0.4, 0.5) is 18.9 Å². The van der Waals surface area contributed by atoms with Gasteiger partial charge in [0.15, 0.2) is 0 Å². The highest BCUT2D eigenvalue weighted by Gasteiger charge is 2.33. The maximum absolute atomic E-state index is 12.8. The van der Waals surface area contributed by atoms with E-state index in [2.05, 4.69) is 24.5 Å². The molecule has 124 valence electrons. The average molecular weight is 316 g/mol. The Morgan fingerprint density at radius 1 is 1.18 bits per heavy atom. The fourth-order valence-corrected chi connectivity index (χ4v) is 2.01. The highest BCUT2D eigenvalue weighted by molar-refractivity contribution is 5.92. The predicted octanol–water partition coefficient (Wildman–Crippen LogP) is 4.06. The molecule has 0 saturated heterocycles. The third-order valence-corrected chi connectivity index (χ3v) is 3.21. The molecule has 2 N–H and O–H groups in total. The molecule has 0 aliphatic rings. The number of rotatable bonds is 7. The third kappa shape index (κ3) is 6.47. The topological polar surface area (TPSA) is 41.1 Å². The van der Waals surface area contributed by atoms with Gasteiger partial charge in [-0.2, -0.15) is 13.2 Å². The molecule has 1 unspecified atom stereocenters. The van der Waals surface area contributed by atoms with Crippen molar-refractivity contribution in [1.29, 1.82) is 0 Å². The van der Waals surface area contributed by atoms with Gasteiger partial charge >= 0.3 is 6.18 Å². The van der Waals surface area contributed by atoms with Crippen LogP contribution in [-0.4, -0.2) is 18.5 Å². The molecule has 0 radical (unpaired) electrons. The van der Waals surface area contributed by atoms with Crippen LogP contribution >= 0.6 is 0 Å². The number of nitrogens with one attached hydrogen (secondary N) is 2. The van der Waals surface area contributed by atoms with E-state index in [0.717, 1.165) is 19.0 Å². The standard InChI is InChI=1S/C16H23F3N2O/c1-11(2)8-9-20-12(3)10-15(22)21-14-7-5-4-6-13(14)16(17,18)19/h4-7,11-12,20H,8-10H2,1-3H3,(H,21,22). The molecule has 0 fully saturated rings. The Balaban J connectivity index is 2.55. The Morgan fingerprint density at radius 2 is 1.82 bits per heavy atom. The lowest BCUT2D eigenvalue weighted by Crippen LogP contribution is -2.32. The molecule has 6 heteroatoms. The molecule has 0 aliphatic carbocycles. The van der Waals surface area contributed by atoms with Crippen LogP contribution in [0.3, 0.4) is 0 Å². The van der Waals surface area contributed by atoms with Gasteiger partial charge in [0.05, 0.1) is 11.3 Å². The van der Waals surface area contributed by atoms with Crippen LogP contribution in [0.1, 0.15) is 39.2 Å². The van der Waals surface area contributed by atoms with E-state index in [0.29, 0.717) is 5.92 Å². The van der Waals surface area contributed by atoms with Gasteiger partial charge in [-0.1, -0.05) is 26.0 Å². The van der Waals surface area contributed by atoms with Gasteiger partial charge in [-0.3, -0.25) is 4.79 Å². The molecule has 0 aliphatic heterocycles. The van der Waals surface area contributed by atoms with Gasteiger partial charge in [0.1, 0.15) is 0 Å². The largest absolute Gasteiger partial charge is 0.418 e. The Bertz CT molecular complexity index is 487. The number of hydrogen-bond acceptors (Lipinski definition) is 2. The molecule has 1 amide bonds. The van der Waals surface area contributed by atoms with Crippen molar-refractivity contribution in [2.45, 2.75) is 45.8 Å². The smallest absolute Gasteiger partial charge is 0.325 e. The van der Waals surface area contributed by atoms with Crippen molar-refractivity contribution in [3.8, 4) is 0 Å². The number of carbonyl (C=O) groups excluding carboxylic acids is 1. The lowest BCUT2D eigenvalue weighted by atomic mass is 10.1. The number of carbonyl (C=O) groups is 1. The quantitative estimate of drug-likeness (QED) is 0.796. The molecule has 0 saturated carbocycles. The first kappa shape index (κ1) is 18.5. The van der Waals surface area contributed by atoms with Crippen LogP contribution < -0.4 is 10.6 Å². The van der Waals surface area contributed by atoms with Crippen LogP contribution in [0.15, 0.2) is 24.3 Å². The van der Waals surface area contributed by atoms with E-state index in [4.69, 9.17) is 0 Å². The summed E-state index contributed by atoms with van der Waals surface area (Å²) in [6.07, 6.45) is -3.36. The van der Waals surface area contributed by atoms with Crippen molar-refractivity contribution in [3.05, 3.63) is 29.8 Å². The van der Waals surface area contributed by atoms with E-state index < -0.39 is 17.6 Å². The van der Waals surface area contributed by atoms with Crippen LogP contribution in [0.25, 0.3) is 0 Å². The molecule has 1 atom stereocenters. The third-order valence-electron chi connectivity index (χ3n) is 3.21. The maximum Gasteiger partial charge on any atom is 0.418 e. The second kappa shape index (κ2) is 8.17. The van der Waals surface area contributed by atoms with Crippen LogP contribution in [0, 0.1) is 5.92 Å².